The van der Waals surface area contributed by atoms with Crippen LogP contribution < -0.4 is 0 Å². The molecular weight excluding hydrogens is 358 g/mol. The van der Waals surface area contributed by atoms with Gasteiger partial charge in [-0.15, -0.1) is 0 Å². The lowest BCUT2D eigenvalue weighted by Gasteiger charge is -2.26. The molecule has 29 heavy (non-hydrogen) atoms. The first kappa shape index (κ1) is 19.1. The number of aliphatic hydroxyl groups is 1. The van der Waals surface area contributed by atoms with Crippen molar-refractivity contribution in [1.82, 2.24) is 0 Å². The van der Waals surface area contributed by atoms with Crippen molar-refractivity contribution >= 4 is 28.0 Å². The Morgan fingerprint density at radius 1 is 0.966 bits per heavy atom. The van der Waals surface area contributed by atoms with Crippen LogP contribution in [-0.2, 0) is 4.79 Å². The highest BCUT2D eigenvalue weighted by atomic mass is 16.3. The van der Waals surface area contributed by atoms with E-state index in [9.17, 15) is 9.90 Å². The molecule has 3 aromatic carbocycles. The summed E-state index contributed by atoms with van der Waals surface area (Å²) in [6.07, 6.45) is 2.33. The Kier molecular flexibility index (Phi) is 5.57. The van der Waals surface area contributed by atoms with Gasteiger partial charge in [0.15, 0.2) is 5.78 Å². The molecule has 0 aliphatic heterocycles. The number of aliphatic hydroxyl groups excluding tert-OH is 1. The number of Topliss-reactive ketones (excluding diaryl/α,β-unsaturated/α-hetero) is 1. The molecule has 0 aromatic heterocycles. The van der Waals surface area contributed by atoms with Crippen LogP contribution in [-0.4, -0.2) is 16.6 Å². The van der Waals surface area contributed by atoms with E-state index in [1.165, 1.54) is 0 Å². The number of hydrogen-bond acceptors (Lipinski definition) is 3. The van der Waals surface area contributed by atoms with Crippen LogP contribution in [0.15, 0.2) is 89.1 Å². The van der Waals surface area contributed by atoms with Crippen LogP contribution in [0.25, 0.3) is 10.8 Å². The van der Waals surface area contributed by atoms with E-state index in [1.807, 2.05) is 55.5 Å². The average molecular weight is 383 g/mol. The predicted octanol–water partition coefficient (Wildman–Crippen LogP) is 6.67. The molecule has 1 aliphatic carbocycles. The highest BCUT2D eigenvalue weighted by Crippen LogP contribution is 2.35. The number of rotatable bonds is 4. The summed E-state index contributed by atoms with van der Waals surface area (Å²) >= 11 is 0. The third-order valence-corrected chi connectivity index (χ3v) is 5.48. The molecular formula is C26H25NO2. The first-order valence-electron chi connectivity index (χ1n) is 10.2. The second-order valence-electron chi connectivity index (χ2n) is 7.60. The van der Waals surface area contributed by atoms with Crippen molar-refractivity contribution in [1.29, 1.82) is 0 Å². The Labute approximate surface area is 171 Å². The van der Waals surface area contributed by atoms with E-state index < -0.39 is 0 Å². The fourth-order valence-electron chi connectivity index (χ4n) is 4.05. The van der Waals surface area contributed by atoms with Gasteiger partial charge in [0.1, 0.15) is 5.76 Å². The first-order valence-corrected chi connectivity index (χ1v) is 10.2. The Morgan fingerprint density at radius 3 is 2.45 bits per heavy atom. The molecule has 3 nitrogen and oxygen atoms in total. The maximum absolute atomic E-state index is 13.0. The lowest BCUT2D eigenvalue weighted by molar-refractivity contribution is -0.115. The summed E-state index contributed by atoms with van der Waals surface area (Å²) in [7, 11) is 0. The smallest absolute Gasteiger partial charge is 0.168 e. The monoisotopic (exact) mass is 383 g/mol. The number of fused-ring (bicyclic) bond motifs is 1. The maximum Gasteiger partial charge on any atom is 0.168 e. The van der Waals surface area contributed by atoms with E-state index in [4.69, 9.17) is 4.99 Å². The summed E-state index contributed by atoms with van der Waals surface area (Å²) < 4.78 is 0. The topological polar surface area (TPSA) is 49.7 Å². The van der Waals surface area contributed by atoms with Crippen molar-refractivity contribution in [2.45, 2.75) is 38.5 Å². The van der Waals surface area contributed by atoms with Gasteiger partial charge in [-0.2, -0.15) is 0 Å². The molecule has 0 unspecified atom stereocenters. The fourth-order valence-corrected chi connectivity index (χ4v) is 4.05. The van der Waals surface area contributed by atoms with Crippen molar-refractivity contribution in [2.75, 3.05) is 0 Å². The van der Waals surface area contributed by atoms with Gasteiger partial charge in [0, 0.05) is 12.8 Å². The zero-order valence-electron chi connectivity index (χ0n) is 16.6. The second kappa shape index (κ2) is 8.44. The largest absolute Gasteiger partial charge is 0.511 e. The Morgan fingerprint density at radius 2 is 1.69 bits per heavy atom. The molecule has 0 saturated heterocycles. The van der Waals surface area contributed by atoms with E-state index in [1.54, 1.807) is 0 Å². The maximum atomic E-state index is 13.0. The Hall–Kier alpha value is -3.20. The third kappa shape index (κ3) is 4.14. The molecule has 1 N–H and O–H groups in total. The summed E-state index contributed by atoms with van der Waals surface area (Å²) in [6.45, 7) is 2.00. The molecule has 0 bridgehead atoms. The van der Waals surface area contributed by atoms with Crippen LogP contribution in [0.4, 0.5) is 5.69 Å². The van der Waals surface area contributed by atoms with Crippen LogP contribution in [0.5, 0.6) is 0 Å². The minimum Gasteiger partial charge on any atom is -0.511 e. The van der Waals surface area contributed by atoms with Gasteiger partial charge in [-0.05, 0) is 47.2 Å². The van der Waals surface area contributed by atoms with Gasteiger partial charge in [0.05, 0.1) is 17.0 Å². The molecule has 1 aliphatic rings. The van der Waals surface area contributed by atoms with Crippen molar-refractivity contribution in [3.05, 3.63) is 89.7 Å². The molecule has 1 atom stereocenters. The SMILES string of the molecule is CCC/C(O)=C1\C(=O)C[C@H](c2ccccc2)CC1=Nc1ccc2ccccc2c1. The van der Waals surface area contributed by atoms with Crippen LogP contribution in [0.3, 0.4) is 0 Å². The normalized spacial score (nSPS) is 20.2. The van der Waals surface area contributed by atoms with E-state index in [0.717, 1.165) is 28.4 Å². The summed E-state index contributed by atoms with van der Waals surface area (Å²) in [5.74, 6) is 0.236. The van der Waals surface area contributed by atoms with E-state index >= 15 is 0 Å². The minimum absolute atomic E-state index is 0.0180. The van der Waals surface area contributed by atoms with Crippen molar-refractivity contribution in [3.63, 3.8) is 0 Å². The summed E-state index contributed by atoms with van der Waals surface area (Å²) in [6, 6.07) is 24.3. The van der Waals surface area contributed by atoms with E-state index in [2.05, 4.69) is 24.3 Å². The standard InChI is InChI=1S/C26H25NO2/c1-2-8-24(28)26-23(16-21(17-25(26)29)18-9-4-3-5-10-18)27-22-14-13-19-11-6-7-12-20(19)15-22/h3-7,9-15,21,28H,2,8,16-17H2,1H3/b26-24+,27-23?/t21-/m1/s1. The highest BCUT2D eigenvalue weighted by Gasteiger charge is 2.32. The van der Waals surface area contributed by atoms with E-state index in [-0.39, 0.29) is 17.5 Å². The molecule has 0 amide bonds. The molecule has 1 fully saturated rings. The van der Waals surface area contributed by atoms with Crippen molar-refractivity contribution < 1.29 is 9.90 Å². The van der Waals surface area contributed by atoms with Gasteiger partial charge in [-0.1, -0.05) is 67.6 Å². The van der Waals surface area contributed by atoms with Gasteiger partial charge in [-0.25, -0.2) is 0 Å². The molecule has 3 aromatic rings. The van der Waals surface area contributed by atoms with Crippen molar-refractivity contribution in [3.8, 4) is 0 Å². The van der Waals surface area contributed by atoms with Crippen LogP contribution >= 0.6 is 0 Å². The average Bonchev–Trinajstić information content (AvgIpc) is 2.74. The Balaban J connectivity index is 1.78. The predicted molar refractivity (Wildman–Crippen MR) is 119 cm³/mol. The third-order valence-electron chi connectivity index (χ3n) is 5.48. The number of carbonyl (C=O) groups is 1. The number of hydrogen-bond donors (Lipinski definition) is 1. The number of allylic oxidation sites excluding steroid dienone is 2. The highest BCUT2D eigenvalue weighted by molar-refractivity contribution is 6.25. The zero-order valence-corrected chi connectivity index (χ0v) is 16.6. The number of nitrogens with zero attached hydrogens (tertiary/aromatic N) is 1. The van der Waals surface area contributed by atoms with Gasteiger partial charge in [-0.3, -0.25) is 9.79 Å². The molecule has 1 saturated carbocycles. The molecule has 3 heteroatoms. The number of benzene rings is 3. The summed E-state index contributed by atoms with van der Waals surface area (Å²) in [5.41, 5.74) is 3.06. The number of carbonyl (C=O) groups excluding carboxylic acids is 1. The van der Waals surface area contributed by atoms with Gasteiger partial charge >= 0.3 is 0 Å². The van der Waals surface area contributed by atoms with Crippen molar-refractivity contribution in [2.24, 2.45) is 4.99 Å². The van der Waals surface area contributed by atoms with Gasteiger partial charge in [0.2, 0.25) is 0 Å². The molecule has 0 radical (unpaired) electrons. The lowest BCUT2D eigenvalue weighted by atomic mass is 9.78. The minimum atomic E-state index is -0.0180. The van der Waals surface area contributed by atoms with Crippen LogP contribution in [0.1, 0.15) is 44.1 Å². The lowest BCUT2D eigenvalue weighted by Crippen LogP contribution is -2.26. The fraction of sp³-hybridized carbons (Fsp3) is 0.231. The van der Waals surface area contributed by atoms with Crippen LogP contribution in [0, 0.1) is 0 Å². The number of aliphatic imine (C=N–C) groups is 1. The number of ketones is 1. The summed E-state index contributed by atoms with van der Waals surface area (Å²) in [5, 5.41) is 12.9. The van der Waals surface area contributed by atoms with Gasteiger partial charge < -0.3 is 5.11 Å². The zero-order chi connectivity index (χ0) is 20.2. The van der Waals surface area contributed by atoms with Crippen LogP contribution in [0.2, 0.25) is 0 Å². The summed E-state index contributed by atoms with van der Waals surface area (Å²) in [4.78, 5) is 17.9. The quantitative estimate of drug-likeness (QED) is 0.404. The first-order chi connectivity index (χ1) is 14.2. The molecule has 4 rings (SSSR count). The molecule has 0 heterocycles. The van der Waals surface area contributed by atoms with Gasteiger partial charge in [0.25, 0.3) is 0 Å². The van der Waals surface area contributed by atoms with E-state index in [0.29, 0.717) is 30.5 Å². The second-order valence-corrected chi connectivity index (χ2v) is 7.60. The molecule has 146 valence electrons. The molecule has 0 spiro atoms. The Bertz CT molecular complexity index is 1100.